The Morgan fingerprint density at radius 1 is 1.25 bits per heavy atom. The van der Waals surface area contributed by atoms with Crippen molar-refractivity contribution >= 4 is 12.0 Å². The summed E-state index contributed by atoms with van der Waals surface area (Å²) in [5.41, 5.74) is 0. The van der Waals surface area contributed by atoms with Crippen molar-refractivity contribution in [1.29, 1.82) is 0 Å². The standard InChI is InChI=1S/C13H22N2O5/c16-6-5-14(9-3-1-2-4-9)13(20)15-8-10(17)7-11(15)12(18)19/h9-11,16-17H,1-8H2,(H,18,19)/t10-,11-/m0/s1. The molecule has 2 rings (SSSR count). The Hall–Kier alpha value is -1.34. The minimum Gasteiger partial charge on any atom is -0.480 e. The molecule has 0 bridgehead atoms. The highest BCUT2D eigenvalue weighted by Gasteiger charge is 2.42. The molecule has 1 aliphatic heterocycles. The maximum absolute atomic E-state index is 12.5. The van der Waals surface area contributed by atoms with Crippen molar-refractivity contribution in [2.45, 2.75) is 50.3 Å². The Balaban J connectivity index is 2.11. The van der Waals surface area contributed by atoms with Crippen molar-refractivity contribution in [3.63, 3.8) is 0 Å². The Morgan fingerprint density at radius 2 is 1.90 bits per heavy atom. The molecule has 0 spiro atoms. The molecule has 2 aliphatic rings. The Labute approximate surface area is 117 Å². The van der Waals surface area contributed by atoms with E-state index in [0.717, 1.165) is 25.7 Å². The first-order valence-electron chi connectivity index (χ1n) is 7.13. The quantitative estimate of drug-likeness (QED) is 0.668. The molecule has 0 aromatic carbocycles. The summed E-state index contributed by atoms with van der Waals surface area (Å²) in [5, 5.41) is 27.9. The molecule has 0 aromatic rings. The van der Waals surface area contributed by atoms with Gasteiger partial charge in [0.05, 0.1) is 12.7 Å². The first kappa shape index (κ1) is 15.1. The highest BCUT2D eigenvalue weighted by Crippen LogP contribution is 2.27. The molecule has 3 N–H and O–H groups in total. The lowest BCUT2D eigenvalue weighted by atomic mass is 10.2. The molecule has 0 radical (unpaired) electrons. The highest BCUT2D eigenvalue weighted by molar-refractivity contribution is 5.83. The fraction of sp³-hybridized carbons (Fsp3) is 0.846. The van der Waals surface area contributed by atoms with E-state index in [4.69, 9.17) is 10.2 Å². The zero-order chi connectivity index (χ0) is 14.7. The van der Waals surface area contributed by atoms with Crippen molar-refractivity contribution in [3.8, 4) is 0 Å². The van der Waals surface area contributed by atoms with Gasteiger partial charge in [0.1, 0.15) is 6.04 Å². The summed E-state index contributed by atoms with van der Waals surface area (Å²) in [7, 11) is 0. The molecular formula is C13H22N2O5. The number of likely N-dealkylation sites (tertiary alicyclic amines) is 1. The van der Waals surface area contributed by atoms with Gasteiger partial charge in [0, 0.05) is 25.6 Å². The van der Waals surface area contributed by atoms with Crippen LogP contribution >= 0.6 is 0 Å². The third-order valence-corrected chi connectivity index (χ3v) is 4.16. The van der Waals surface area contributed by atoms with Gasteiger partial charge in [-0.05, 0) is 12.8 Å². The minimum absolute atomic E-state index is 0.0461. The van der Waals surface area contributed by atoms with Crippen LogP contribution < -0.4 is 0 Å². The van der Waals surface area contributed by atoms with Crippen LogP contribution in [0.25, 0.3) is 0 Å². The van der Waals surface area contributed by atoms with Crippen molar-refractivity contribution in [1.82, 2.24) is 9.80 Å². The number of carbonyl (C=O) groups excluding carboxylic acids is 1. The lowest BCUT2D eigenvalue weighted by molar-refractivity contribution is -0.141. The summed E-state index contributed by atoms with van der Waals surface area (Å²) in [6.07, 6.45) is 3.15. The molecule has 2 fully saturated rings. The van der Waals surface area contributed by atoms with Crippen LogP contribution in [0.5, 0.6) is 0 Å². The monoisotopic (exact) mass is 286 g/mol. The van der Waals surface area contributed by atoms with Crippen LogP contribution in [-0.4, -0.2) is 75.0 Å². The first-order valence-corrected chi connectivity index (χ1v) is 7.13. The Bertz CT molecular complexity index is 370. The molecule has 2 amide bonds. The first-order chi connectivity index (χ1) is 9.54. The zero-order valence-electron chi connectivity index (χ0n) is 11.4. The number of hydrogen-bond acceptors (Lipinski definition) is 4. The van der Waals surface area contributed by atoms with Gasteiger partial charge >= 0.3 is 12.0 Å². The number of carboxylic acid groups (broad SMARTS) is 1. The van der Waals surface area contributed by atoms with E-state index >= 15 is 0 Å². The molecule has 1 heterocycles. The number of aliphatic carboxylic acids is 1. The number of urea groups is 1. The largest absolute Gasteiger partial charge is 0.480 e. The lowest BCUT2D eigenvalue weighted by Gasteiger charge is -2.34. The molecule has 7 heteroatoms. The highest BCUT2D eigenvalue weighted by atomic mass is 16.4. The van der Waals surface area contributed by atoms with Gasteiger partial charge in [-0.15, -0.1) is 0 Å². The average Bonchev–Trinajstić information content (AvgIpc) is 3.04. The van der Waals surface area contributed by atoms with Gasteiger partial charge in [0.25, 0.3) is 0 Å². The van der Waals surface area contributed by atoms with Crippen molar-refractivity contribution < 1.29 is 24.9 Å². The van der Waals surface area contributed by atoms with E-state index in [9.17, 15) is 14.7 Å². The average molecular weight is 286 g/mol. The third-order valence-electron chi connectivity index (χ3n) is 4.16. The summed E-state index contributed by atoms with van der Waals surface area (Å²) >= 11 is 0. The zero-order valence-corrected chi connectivity index (χ0v) is 11.4. The number of aliphatic hydroxyl groups is 2. The van der Waals surface area contributed by atoms with Gasteiger partial charge < -0.3 is 25.1 Å². The number of aliphatic hydroxyl groups excluding tert-OH is 2. The van der Waals surface area contributed by atoms with Crippen LogP contribution in [-0.2, 0) is 4.79 Å². The fourth-order valence-electron chi connectivity index (χ4n) is 3.18. The van der Waals surface area contributed by atoms with E-state index in [1.54, 1.807) is 4.90 Å². The molecule has 7 nitrogen and oxygen atoms in total. The molecule has 1 saturated heterocycles. The van der Waals surface area contributed by atoms with Gasteiger partial charge in [-0.2, -0.15) is 0 Å². The van der Waals surface area contributed by atoms with E-state index in [0.29, 0.717) is 0 Å². The Kier molecular flexibility index (Phi) is 4.82. The molecule has 0 unspecified atom stereocenters. The second kappa shape index (κ2) is 6.41. The molecule has 0 aromatic heterocycles. The molecule has 2 atom stereocenters. The summed E-state index contributed by atoms with van der Waals surface area (Å²) in [4.78, 5) is 26.5. The molecule has 1 aliphatic carbocycles. The number of hydrogen-bond donors (Lipinski definition) is 3. The Morgan fingerprint density at radius 3 is 2.45 bits per heavy atom. The second-order valence-electron chi connectivity index (χ2n) is 5.53. The number of carbonyl (C=O) groups is 2. The second-order valence-corrected chi connectivity index (χ2v) is 5.53. The maximum Gasteiger partial charge on any atom is 0.326 e. The third kappa shape index (κ3) is 3.04. The van der Waals surface area contributed by atoms with Crippen LogP contribution in [0, 0.1) is 0 Å². The smallest absolute Gasteiger partial charge is 0.326 e. The molecular weight excluding hydrogens is 264 g/mol. The van der Waals surface area contributed by atoms with Gasteiger partial charge in [-0.25, -0.2) is 9.59 Å². The van der Waals surface area contributed by atoms with Crippen LogP contribution in [0.1, 0.15) is 32.1 Å². The number of nitrogens with zero attached hydrogens (tertiary/aromatic N) is 2. The van der Waals surface area contributed by atoms with Crippen molar-refractivity contribution in [3.05, 3.63) is 0 Å². The van der Waals surface area contributed by atoms with E-state index in [1.165, 1.54) is 4.90 Å². The summed E-state index contributed by atoms with van der Waals surface area (Å²) in [6, 6.07) is -1.28. The predicted molar refractivity (Wildman–Crippen MR) is 70.2 cm³/mol. The van der Waals surface area contributed by atoms with Crippen LogP contribution in [0.15, 0.2) is 0 Å². The summed E-state index contributed by atoms with van der Waals surface area (Å²) in [6.45, 7) is 0.114. The van der Waals surface area contributed by atoms with E-state index in [2.05, 4.69) is 0 Å². The fourth-order valence-corrected chi connectivity index (χ4v) is 3.18. The van der Waals surface area contributed by atoms with Crippen molar-refractivity contribution in [2.75, 3.05) is 19.7 Å². The van der Waals surface area contributed by atoms with Gasteiger partial charge in [-0.1, -0.05) is 12.8 Å². The normalized spacial score (nSPS) is 27.0. The summed E-state index contributed by atoms with van der Waals surface area (Å²) < 4.78 is 0. The van der Waals surface area contributed by atoms with E-state index in [-0.39, 0.29) is 38.2 Å². The van der Waals surface area contributed by atoms with E-state index < -0.39 is 18.1 Å². The van der Waals surface area contributed by atoms with Gasteiger partial charge in [0.2, 0.25) is 0 Å². The van der Waals surface area contributed by atoms with E-state index in [1.807, 2.05) is 0 Å². The SMILES string of the molecule is O=C(O)[C@@H]1C[C@H](O)CN1C(=O)N(CCO)C1CCCC1. The number of carboxylic acids is 1. The summed E-state index contributed by atoms with van der Waals surface area (Å²) in [5.74, 6) is -1.09. The van der Waals surface area contributed by atoms with Gasteiger partial charge in [0.15, 0.2) is 0 Å². The molecule has 1 saturated carbocycles. The van der Waals surface area contributed by atoms with Crippen LogP contribution in [0.2, 0.25) is 0 Å². The lowest BCUT2D eigenvalue weighted by Crippen LogP contribution is -2.52. The number of rotatable bonds is 4. The molecule has 20 heavy (non-hydrogen) atoms. The van der Waals surface area contributed by atoms with Gasteiger partial charge in [-0.3, -0.25) is 0 Å². The minimum atomic E-state index is -1.09. The molecule has 114 valence electrons. The van der Waals surface area contributed by atoms with Crippen LogP contribution in [0.3, 0.4) is 0 Å². The predicted octanol–water partition coefficient (Wildman–Crippen LogP) is -0.137. The topological polar surface area (TPSA) is 101 Å². The van der Waals surface area contributed by atoms with Crippen LogP contribution in [0.4, 0.5) is 4.79 Å². The maximum atomic E-state index is 12.5. The number of β-amino-alcohol motifs (C(OH)–C–C–N with tert-alkyl or cyclic N) is 1. The number of amides is 2. The van der Waals surface area contributed by atoms with Crippen molar-refractivity contribution in [2.24, 2.45) is 0 Å².